The maximum absolute atomic E-state index is 11.2. The van der Waals surface area contributed by atoms with Gasteiger partial charge in [0, 0.05) is 19.5 Å². The summed E-state index contributed by atoms with van der Waals surface area (Å²) in [6.45, 7) is 7.72. The Balaban J connectivity index is 3.64. The van der Waals surface area contributed by atoms with E-state index in [4.69, 9.17) is 0 Å². The Kier molecular flexibility index (Phi) is 4.92. The molecular weight excluding hydrogens is 138 g/mol. The third-order valence-electron chi connectivity index (χ3n) is 1.81. The van der Waals surface area contributed by atoms with Gasteiger partial charge in [-0.25, -0.2) is 0 Å². The maximum Gasteiger partial charge on any atom is 0.222 e. The molecule has 2 heteroatoms. The lowest BCUT2D eigenvalue weighted by Crippen LogP contribution is -2.32. The van der Waals surface area contributed by atoms with Crippen molar-refractivity contribution in [3.8, 4) is 0 Å². The molecule has 0 aliphatic heterocycles. The summed E-state index contributed by atoms with van der Waals surface area (Å²) in [4.78, 5) is 13.0. The van der Waals surface area contributed by atoms with Gasteiger partial charge in [0.15, 0.2) is 0 Å². The van der Waals surface area contributed by atoms with Crippen molar-refractivity contribution in [1.29, 1.82) is 0 Å². The number of rotatable bonds is 4. The van der Waals surface area contributed by atoms with Crippen LogP contribution in [0.4, 0.5) is 0 Å². The Labute approximate surface area is 69.6 Å². The molecule has 0 fully saturated rings. The first kappa shape index (κ1) is 10.5. The van der Waals surface area contributed by atoms with Crippen LogP contribution < -0.4 is 0 Å². The summed E-state index contributed by atoms with van der Waals surface area (Å²) in [6, 6.07) is 0.312. The fourth-order valence-electron chi connectivity index (χ4n) is 0.741. The van der Waals surface area contributed by atoms with Crippen LogP contribution in [0.15, 0.2) is 0 Å². The molecule has 0 aromatic rings. The van der Waals surface area contributed by atoms with Crippen LogP contribution in [-0.4, -0.2) is 23.9 Å². The highest BCUT2D eigenvalue weighted by Crippen LogP contribution is 2.01. The molecule has 11 heavy (non-hydrogen) atoms. The SMILES string of the molecule is [CH2]CCCC(=O)N(C)C(C)C. The summed E-state index contributed by atoms with van der Waals surface area (Å²) in [7, 11) is 1.84. The molecule has 0 rings (SSSR count). The van der Waals surface area contributed by atoms with E-state index in [0.29, 0.717) is 12.5 Å². The molecule has 0 aromatic heterocycles. The van der Waals surface area contributed by atoms with Crippen LogP contribution >= 0.6 is 0 Å². The Hall–Kier alpha value is -0.530. The molecule has 65 valence electrons. The Morgan fingerprint density at radius 2 is 2.09 bits per heavy atom. The van der Waals surface area contributed by atoms with Crippen molar-refractivity contribution < 1.29 is 4.79 Å². The highest BCUT2D eigenvalue weighted by atomic mass is 16.2. The van der Waals surface area contributed by atoms with E-state index < -0.39 is 0 Å². The van der Waals surface area contributed by atoms with Gasteiger partial charge in [0.05, 0.1) is 0 Å². The van der Waals surface area contributed by atoms with Crippen molar-refractivity contribution in [1.82, 2.24) is 4.90 Å². The van der Waals surface area contributed by atoms with Gasteiger partial charge in [0.25, 0.3) is 0 Å². The van der Waals surface area contributed by atoms with E-state index >= 15 is 0 Å². The highest BCUT2D eigenvalue weighted by Gasteiger charge is 2.09. The molecule has 2 nitrogen and oxygen atoms in total. The number of unbranched alkanes of at least 4 members (excludes halogenated alkanes) is 1. The molecule has 0 spiro atoms. The topological polar surface area (TPSA) is 20.3 Å². The van der Waals surface area contributed by atoms with E-state index in [9.17, 15) is 4.79 Å². The molecule has 0 N–H and O–H groups in total. The lowest BCUT2D eigenvalue weighted by Gasteiger charge is -2.21. The first-order valence-electron chi connectivity index (χ1n) is 4.14. The Bertz CT molecular complexity index is 121. The van der Waals surface area contributed by atoms with Gasteiger partial charge in [0.1, 0.15) is 0 Å². The molecule has 0 bridgehead atoms. The largest absolute Gasteiger partial charge is 0.343 e. The van der Waals surface area contributed by atoms with Crippen LogP contribution in [0.25, 0.3) is 0 Å². The average molecular weight is 156 g/mol. The number of hydrogen-bond acceptors (Lipinski definition) is 1. The molecule has 0 atom stereocenters. The lowest BCUT2D eigenvalue weighted by molar-refractivity contribution is -0.131. The van der Waals surface area contributed by atoms with Gasteiger partial charge in [-0.2, -0.15) is 0 Å². The van der Waals surface area contributed by atoms with Crippen molar-refractivity contribution in [2.75, 3.05) is 7.05 Å². The van der Waals surface area contributed by atoms with E-state index in [1.165, 1.54) is 0 Å². The quantitative estimate of drug-likeness (QED) is 0.608. The molecular formula is C9H18NO. The summed E-state index contributed by atoms with van der Waals surface area (Å²) in [6.07, 6.45) is 2.38. The van der Waals surface area contributed by atoms with Crippen LogP contribution in [0, 0.1) is 6.92 Å². The van der Waals surface area contributed by atoms with Gasteiger partial charge in [0.2, 0.25) is 5.91 Å². The zero-order valence-electron chi connectivity index (χ0n) is 7.76. The fourth-order valence-corrected chi connectivity index (χ4v) is 0.741. The van der Waals surface area contributed by atoms with Gasteiger partial charge in [-0.15, -0.1) is 0 Å². The molecule has 0 aliphatic carbocycles. The maximum atomic E-state index is 11.2. The highest BCUT2D eigenvalue weighted by molar-refractivity contribution is 5.76. The second kappa shape index (κ2) is 5.16. The second-order valence-corrected chi connectivity index (χ2v) is 3.06. The van der Waals surface area contributed by atoms with Crippen molar-refractivity contribution >= 4 is 5.91 Å². The summed E-state index contributed by atoms with van der Waals surface area (Å²) >= 11 is 0. The number of amides is 1. The van der Waals surface area contributed by atoms with E-state index in [2.05, 4.69) is 6.92 Å². The van der Waals surface area contributed by atoms with Crippen LogP contribution in [-0.2, 0) is 4.79 Å². The van der Waals surface area contributed by atoms with Gasteiger partial charge < -0.3 is 4.90 Å². The van der Waals surface area contributed by atoms with E-state index in [1.807, 2.05) is 20.9 Å². The fraction of sp³-hybridized carbons (Fsp3) is 0.778. The second-order valence-electron chi connectivity index (χ2n) is 3.06. The molecule has 0 saturated heterocycles. The van der Waals surface area contributed by atoms with Gasteiger partial charge in [-0.3, -0.25) is 4.79 Å². The van der Waals surface area contributed by atoms with Gasteiger partial charge in [-0.1, -0.05) is 13.3 Å². The van der Waals surface area contributed by atoms with Crippen molar-refractivity contribution in [3.63, 3.8) is 0 Å². The minimum Gasteiger partial charge on any atom is -0.343 e. The van der Waals surface area contributed by atoms with E-state index in [1.54, 1.807) is 4.90 Å². The summed E-state index contributed by atoms with van der Waals surface area (Å²) in [5.74, 6) is 0.226. The smallest absolute Gasteiger partial charge is 0.222 e. The first-order valence-corrected chi connectivity index (χ1v) is 4.14. The first-order chi connectivity index (χ1) is 5.09. The molecule has 0 aromatic carbocycles. The minimum absolute atomic E-state index is 0.226. The van der Waals surface area contributed by atoms with E-state index in [0.717, 1.165) is 12.8 Å². The number of hydrogen-bond donors (Lipinski definition) is 0. The molecule has 0 heterocycles. The Morgan fingerprint density at radius 1 is 1.55 bits per heavy atom. The van der Waals surface area contributed by atoms with Crippen LogP contribution in [0.3, 0.4) is 0 Å². The standard InChI is InChI=1S/C9H18NO/c1-5-6-7-9(11)10(4)8(2)3/h8H,1,5-7H2,2-4H3. The number of carbonyl (C=O) groups excluding carboxylic acids is 1. The number of carbonyl (C=O) groups is 1. The third-order valence-corrected chi connectivity index (χ3v) is 1.81. The van der Waals surface area contributed by atoms with E-state index in [-0.39, 0.29) is 5.91 Å². The van der Waals surface area contributed by atoms with Crippen LogP contribution in [0.1, 0.15) is 33.1 Å². The molecule has 0 aliphatic rings. The van der Waals surface area contributed by atoms with Crippen LogP contribution in [0.2, 0.25) is 0 Å². The molecule has 1 amide bonds. The predicted molar refractivity (Wildman–Crippen MR) is 47.1 cm³/mol. The van der Waals surface area contributed by atoms with Gasteiger partial charge >= 0.3 is 0 Å². The minimum atomic E-state index is 0.226. The van der Waals surface area contributed by atoms with Crippen molar-refractivity contribution in [2.24, 2.45) is 0 Å². The van der Waals surface area contributed by atoms with Gasteiger partial charge in [-0.05, 0) is 20.3 Å². The predicted octanol–water partition coefficient (Wildman–Crippen LogP) is 1.86. The third kappa shape index (κ3) is 4.02. The normalized spacial score (nSPS) is 10.3. The summed E-state index contributed by atoms with van der Waals surface area (Å²) < 4.78 is 0. The Morgan fingerprint density at radius 3 is 2.45 bits per heavy atom. The molecule has 0 unspecified atom stereocenters. The van der Waals surface area contributed by atoms with Crippen molar-refractivity contribution in [3.05, 3.63) is 6.92 Å². The summed E-state index contributed by atoms with van der Waals surface area (Å²) in [5.41, 5.74) is 0. The zero-order valence-corrected chi connectivity index (χ0v) is 7.76. The monoisotopic (exact) mass is 156 g/mol. The number of nitrogens with zero attached hydrogens (tertiary/aromatic N) is 1. The average Bonchev–Trinajstić information content (AvgIpc) is 1.98. The molecule has 0 saturated carbocycles. The van der Waals surface area contributed by atoms with Crippen molar-refractivity contribution in [2.45, 2.75) is 39.2 Å². The lowest BCUT2D eigenvalue weighted by atomic mass is 10.2. The zero-order chi connectivity index (χ0) is 8.85. The molecule has 1 radical (unpaired) electrons. The summed E-state index contributed by atoms with van der Waals surface area (Å²) in [5, 5.41) is 0. The van der Waals surface area contributed by atoms with Crippen LogP contribution in [0.5, 0.6) is 0 Å².